The zero-order valence-electron chi connectivity index (χ0n) is 30.1. The quantitative estimate of drug-likeness (QED) is 0.247. The Balaban J connectivity index is 1.33. The molecule has 0 aliphatic carbocycles. The Hall–Kier alpha value is -4.92. The molecule has 8 atom stereocenters. The summed E-state index contributed by atoms with van der Waals surface area (Å²) in [4.78, 5) is 60.9. The predicted molar refractivity (Wildman–Crippen MR) is 191 cm³/mol. The molecule has 4 aliphatic rings. The minimum Gasteiger partial charge on any atom is -0.455 e. The van der Waals surface area contributed by atoms with Crippen molar-refractivity contribution < 1.29 is 38.5 Å². The number of carbonyl (C=O) groups excluding carboxylic acids is 4. The number of nitrogens with one attached hydrogen (secondary N) is 1. The lowest BCUT2D eigenvalue weighted by Gasteiger charge is -2.39. The lowest BCUT2D eigenvalue weighted by molar-refractivity contribution is -0.163. The van der Waals surface area contributed by atoms with Crippen molar-refractivity contribution in [2.45, 2.75) is 75.7 Å². The Morgan fingerprint density at radius 1 is 1.04 bits per heavy atom. The van der Waals surface area contributed by atoms with Crippen molar-refractivity contribution in [3.05, 3.63) is 84.5 Å². The molecule has 1 aromatic heterocycles. The van der Waals surface area contributed by atoms with Crippen LogP contribution in [0.15, 0.2) is 78.9 Å². The molecule has 3 amide bonds. The molecule has 280 valence electrons. The normalized spacial score (nSPS) is 30.2. The number of nitrogens with zero attached hydrogens (tertiary/aromatic N) is 5. The van der Waals surface area contributed by atoms with Crippen molar-refractivity contribution in [2.75, 3.05) is 26.9 Å². The van der Waals surface area contributed by atoms with E-state index in [1.54, 1.807) is 33.9 Å². The Morgan fingerprint density at radius 3 is 2.57 bits per heavy atom. The van der Waals surface area contributed by atoms with Gasteiger partial charge in [0.05, 0.1) is 42.8 Å². The molecule has 0 saturated carbocycles. The largest absolute Gasteiger partial charge is 0.455 e. The number of cyclic esters (lactones) is 1. The van der Waals surface area contributed by atoms with Gasteiger partial charge in [0, 0.05) is 20.1 Å². The minimum atomic E-state index is -1.50. The zero-order valence-corrected chi connectivity index (χ0v) is 30.1. The van der Waals surface area contributed by atoms with Gasteiger partial charge in [-0.3, -0.25) is 19.2 Å². The molecule has 5 heterocycles. The summed E-state index contributed by atoms with van der Waals surface area (Å²) < 4.78 is 20.1. The maximum absolute atomic E-state index is 15.2. The number of methoxy groups -OCH3 is 1. The summed E-state index contributed by atoms with van der Waals surface area (Å²) in [6.07, 6.45) is 6.24. The molecule has 14 nitrogen and oxygen atoms in total. The van der Waals surface area contributed by atoms with Gasteiger partial charge in [0.15, 0.2) is 0 Å². The van der Waals surface area contributed by atoms with Crippen LogP contribution in [0.25, 0.3) is 11.0 Å². The highest BCUT2D eigenvalue weighted by atomic mass is 16.6. The number of rotatable bonds is 9. The SMILES string of the molecule is COC[C@@H]1NC(=O)CC/C=C\CN(Cn2nnc3ccccc32)C(=O)[C@H]2N([C@@H](CO)CC(C)C)C(=O)[C@@H]3[C@@H](C(=O)O[C@H]1c1ccccc1)[C@H]1C=C[C@]32O1. The fraction of sp³-hybridized carbons (Fsp3) is 0.487. The van der Waals surface area contributed by atoms with Crippen LogP contribution in [0.3, 0.4) is 0 Å². The highest BCUT2D eigenvalue weighted by Gasteiger charge is 2.74. The number of ether oxygens (including phenoxy) is 3. The van der Waals surface area contributed by atoms with E-state index in [2.05, 4.69) is 15.6 Å². The van der Waals surface area contributed by atoms with Crippen molar-refractivity contribution in [2.24, 2.45) is 17.8 Å². The molecule has 5 bridgehead atoms. The van der Waals surface area contributed by atoms with Gasteiger partial charge in [-0.1, -0.05) is 85.8 Å². The first-order valence-corrected chi connectivity index (χ1v) is 18.2. The molecule has 0 radical (unpaired) electrons. The number of hydrogen-bond acceptors (Lipinski definition) is 10. The van der Waals surface area contributed by atoms with E-state index in [1.165, 1.54) is 12.0 Å². The lowest BCUT2D eigenvalue weighted by Crippen LogP contribution is -2.58. The minimum absolute atomic E-state index is 0.00646. The van der Waals surface area contributed by atoms with E-state index in [0.717, 1.165) is 0 Å². The zero-order chi connectivity index (χ0) is 37.3. The average molecular weight is 727 g/mol. The van der Waals surface area contributed by atoms with Gasteiger partial charge < -0.3 is 34.4 Å². The standard InChI is InChI=1S/C39H46N6O8/c1-24(2)20-26(21-46)45-35-37(49)43(23-44-29-15-10-9-14-27(29)41-42-44)19-11-5-8-16-31(47)40-28(22-51-3)34(25-12-6-4-7-13-25)52-38(50)32-30-17-18-39(35,53-30)33(32)36(45)48/h4-7,9-15,17-18,24,26,28,30,32-35,46H,8,16,19-23H2,1-3H3,(H,40,47)/b11-5-/t26-,28+,30-,32+,33+,34+,35-,39+/m1/s1. The monoisotopic (exact) mass is 726 g/mol. The summed E-state index contributed by atoms with van der Waals surface area (Å²) >= 11 is 0. The van der Waals surface area contributed by atoms with Gasteiger partial charge in [-0.25, -0.2) is 4.68 Å². The van der Waals surface area contributed by atoms with Crippen molar-refractivity contribution in [3.8, 4) is 0 Å². The van der Waals surface area contributed by atoms with E-state index in [-0.39, 0.29) is 44.7 Å². The van der Waals surface area contributed by atoms with E-state index < -0.39 is 65.6 Å². The number of allylic oxidation sites excluding steroid dienone is 1. The number of benzene rings is 2. The van der Waals surface area contributed by atoms with Crippen LogP contribution in [0.2, 0.25) is 0 Å². The molecule has 3 aromatic rings. The van der Waals surface area contributed by atoms with E-state index in [0.29, 0.717) is 29.4 Å². The highest BCUT2D eigenvalue weighted by molar-refractivity contribution is 5.99. The van der Waals surface area contributed by atoms with Gasteiger partial charge >= 0.3 is 5.97 Å². The van der Waals surface area contributed by atoms with Crippen LogP contribution in [0, 0.1) is 17.8 Å². The number of aromatic nitrogens is 3. The average Bonchev–Trinajstić information content (AvgIpc) is 3.91. The van der Waals surface area contributed by atoms with Gasteiger partial charge in [0.1, 0.15) is 35.9 Å². The summed E-state index contributed by atoms with van der Waals surface area (Å²) in [7, 11) is 1.51. The first-order valence-electron chi connectivity index (χ1n) is 18.2. The van der Waals surface area contributed by atoms with E-state index >= 15 is 4.79 Å². The number of aliphatic hydroxyl groups is 1. The van der Waals surface area contributed by atoms with E-state index in [1.807, 2.05) is 68.5 Å². The summed E-state index contributed by atoms with van der Waals surface area (Å²) in [6, 6.07) is 13.8. The summed E-state index contributed by atoms with van der Waals surface area (Å²) in [5.74, 6) is -3.98. The summed E-state index contributed by atoms with van der Waals surface area (Å²) in [6.45, 7) is 3.74. The van der Waals surface area contributed by atoms with Gasteiger partial charge in [-0.05, 0) is 36.5 Å². The molecular weight excluding hydrogens is 680 g/mol. The molecule has 4 aliphatic heterocycles. The molecule has 2 N–H and O–H groups in total. The molecule has 2 aromatic carbocycles. The Bertz CT molecular complexity index is 1900. The molecule has 2 fully saturated rings. The smallest absolute Gasteiger partial charge is 0.313 e. The molecule has 0 unspecified atom stereocenters. The maximum Gasteiger partial charge on any atom is 0.313 e. The summed E-state index contributed by atoms with van der Waals surface area (Å²) in [5.41, 5.74) is 0.502. The Labute approximate surface area is 307 Å². The third kappa shape index (κ3) is 6.75. The number of carbonyl (C=O) groups is 4. The highest BCUT2D eigenvalue weighted by Crippen LogP contribution is 2.56. The van der Waals surface area contributed by atoms with Gasteiger partial charge in [-0.15, -0.1) is 5.10 Å². The number of esters is 1. The number of para-hydroxylation sites is 1. The molecule has 1 spiro atoms. The number of fused-ring (bicyclic) bond motifs is 3. The van der Waals surface area contributed by atoms with Crippen LogP contribution < -0.4 is 5.32 Å². The van der Waals surface area contributed by atoms with Gasteiger partial charge in [-0.2, -0.15) is 0 Å². The third-order valence-electron chi connectivity index (χ3n) is 10.7. The third-order valence-corrected chi connectivity index (χ3v) is 10.7. The fourth-order valence-corrected chi connectivity index (χ4v) is 8.37. The number of hydrogen-bond donors (Lipinski definition) is 2. The second-order valence-electron chi connectivity index (χ2n) is 14.6. The topological polar surface area (TPSA) is 165 Å². The maximum atomic E-state index is 15.2. The molecule has 2 saturated heterocycles. The van der Waals surface area contributed by atoms with Crippen LogP contribution >= 0.6 is 0 Å². The number of amides is 3. The fourth-order valence-electron chi connectivity index (χ4n) is 8.37. The molecule has 7 rings (SSSR count). The van der Waals surface area contributed by atoms with Crippen LogP contribution in [0.5, 0.6) is 0 Å². The van der Waals surface area contributed by atoms with Crippen molar-refractivity contribution in [1.82, 2.24) is 30.1 Å². The van der Waals surface area contributed by atoms with Crippen molar-refractivity contribution >= 4 is 34.7 Å². The predicted octanol–water partition coefficient (Wildman–Crippen LogP) is 2.54. The van der Waals surface area contributed by atoms with E-state index in [4.69, 9.17) is 14.2 Å². The van der Waals surface area contributed by atoms with Crippen LogP contribution in [-0.2, 0) is 40.1 Å². The first-order chi connectivity index (χ1) is 25.7. The van der Waals surface area contributed by atoms with Gasteiger partial charge in [0.25, 0.3) is 5.91 Å². The van der Waals surface area contributed by atoms with Crippen molar-refractivity contribution in [3.63, 3.8) is 0 Å². The second-order valence-corrected chi connectivity index (χ2v) is 14.6. The van der Waals surface area contributed by atoms with Crippen LogP contribution in [0.4, 0.5) is 0 Å². The molecule has 53 heavy (non-hydrogen) atoms. The van der Waals surface area contributed by atoms with Crippen LogP contribution in [0.1, 0.15) is 44.8 Å². The van der Waals surface area contributed by atoms with Gasteiger partial charge in [0.2, 0.25) is 11.8 Å². The Morgan fingerprint density at radius 2 is 1.81 bits per heavy atom. The number of aliphatic hydroxyl groups excluding tert-OH is 1. The molecular formula is C39H46N6O8. The lowest BCUT2D eigenvalue weighted by atomic mass is 9.74. The molecule has 14 heteroatoms. The van der Waals surface area contributed by atoms with Crippen LogP contribution in [-0.4, -0.2) is 110 Å². The Kier molecular flexibility index (Phi) is 10.5. The number of likely N-dealkylation sites (tertiary alicyclic amines) is 1. The summed E-state index contributed by atoms with van der Waals surface area (Å²) in [5, 5.41) is 22.4. The van der Waals surface area contributed by atoms with E-state index in [9.17, 15) is 19.5 Å². The first kappa shape index (κ1) is 36.4. The van der Waals surface area contributed by atoms with Crippen molar-refractivity contribution in [1.29, 1.82) is 0 Å². The second kappa shape index (κ2) is 15.2.